The van der Waals surface area contributed by atoms with Gasteiger partial charge in [-0.25, -0.2) is 9.97 Å². The quantitative estimate of drug-likeness (QED) is 0.730. The molecule has 1 fully saturated rings. The molecule has 0 radical (unpaired) electrons. The van der Waals surface area contributed by atoms with Crippen LogP contribution in [-0.2, 0) is 0 Å². The van der Waals surface area contributed by atoms with Crippen LogP contribution in [-0.4, -0.2) is 40.3 Å². The number of aromatic nitrogens is 3. The summed E-state index contributed by atoms with van der Waals surface area (Å²) >= 11 is 0. The molecule has 0 amide bonds. The number of hydrogen-bond donors (Lipinski definition) is 3. The standard InChI is InChI=1S/C18H25N7/c1-12-9-22-6-3-13(12)15(20)16-17(21)24-14(10-23-16)25-7-4-18(2,11-19)5-8-25/h3,6,9-10,20H,4-5,7-8,11,19H2,1-2H3,(H2,21,24). The van der Waals surface area contributed by atoms with E-state index in [4.69, 9.17) is 16.9 Å². The number of nitrogen functional groups attached to an aromatic ring is 1. The molecule has 3 heterocycles. The molecule has 25 heavy (non-hydrogen) atoms. The predicted molar refractivity (Wildman–Crippen MR) is 100.0 cm³/mol. The zero-order valence-electron chi connectivity index (χ0n) is 14.8. The van der Waals surface area contributed by atoms with Crippen molar-refractivity contribution in [2.75, 3.05) is 30.3 Å². The number of hydrogen-bond acceptors (Lipinski definition) is 7. The average Bonchev–Trinajstić information content (AvgIpc) is 2.62. The van der Waals surface area contributed by atoms with E-state index in [9.17, 15) is 0 Å². The van der Waals surface area contributed by atoms with Gasteiger partial charge in [-0.05, 0) is 43.4 Å². The van der Waals surface area contributed by atoms with Crippen LogP contribution < -0.4 is 16.4 Å². The van der Waals surface area contributed by atoms with Crippen LogP contribution in [0.5, 0.6) is 0 Å². The lowest BCUT2D eigenvalue weighted by molar-refractivity contribution is 0.258. The summed E-state index contributed by atoms with van der Waals surface area (Å²) in [4.78, 5) is 15.2. The normalized spacial score (nSPS) is 16.7. The minimum Gasteiger partial charge on any atom is -0.382 e. The molecule has 3 rings (SSSR count). The van der Waals surface area contributed by atoms with Crippen LogP contribution >= 0.6 is 0 Å². The van der Waals surface area contributed by atoms with Crippen molar-refractivity contribution in [2.24, 2.45) is 11.1 Å². The third-order valence-electron chi connectivity index (χ3n) is 5.10. The maximum Gasteiger partial charge on any atom is 0.154 e. The minimum atomic E-state index is 0.205. The molecule has 7 nitrogen and oxygen atoms in total. The van der Waals surface area contributed by atoms with Gasteiger partial charge in [0, 0.05) is 31.0 Å². The molecular formula is C18H25N7. The maximum atomic E-state index is 8.41. The predicted octanol–water partition coefficient (Wildman–Crippen LogP) is 1.74. The molecule has 7 heteroatoms. The summed E-state index contributed by atoms with van der Waals surface area (Å²) in [6.07, 6.45) is 7.15. The van der Waals surface area contributed by atoms with E-state index >= 15 is 0 Å². The lowest BCUT2D eigenvalue weighted by Crippen LogP contribution is -2.42. The highest BCUT2D eigenvalue weighted by molar-refractivity contribution is 6.12. The highest BCUT2D eigenvalue weighted by Gasteiger charge is 2.29. The summed E-state index contributed by atoms with van der Waals surface area (Å²) in [5.74, 6) is 1.05. The zero-order chi connectivity index (χ0) is 18.0. The van der Waals surface area contributed by atoms with Crippen molar-refractivity contribution < 1.29 is 0 Å². The van der Waals surface area contributed by atoms with E-state index in [0.717, 1.165) is 42.9 Å². The van der Waals surface area contributed by atoms with E-state index in [2.05, 4.69) is 26.8 Å². The molecule has 0 aliphatic carbocycles. The van der Waals surface area contributed by atoms with Crippen molar-refractivity contribution >= 4 is 17.3 Å². The van der Waals surface area contributed by atoms with Gasteiger partial charge in [-0.3, -0.25) is 10.4 Å². The van der Waals surface area contributed by atoms with E-state index in [1.165, 1.54) is 0 Å². The van der Waals surface area contributed by atoms with Crippen LogP contribution in [0.25, 0.3) is 0 Å². The highest BCUT2D eigenvalue weighted by atomic mass is 15.2. The first-order chi connectivity index (χ1) is 11.9. The van der Waals surface area contributed by atoms with Gasteiger partial charge in [0.1, 0.15) is 11.5 Å². The van der Waals surface area contributed by atoms with Crippen LogP contribution in [0.15, 0.2) is 24.7 Å². The maximum absolute atomic E-state index is 8.41. The topological polar surface area (TPSA) is 118 Å². The van der Waals surface area contributed by atoms with E-state index in [0.29, 0.717) is 12.2 Å². The number of nitrogens with one attached hydrogen (secondary N) is 1. The van der Waals surface area contributed by atoms with E-state index < -0.39 is 0 Å². The van der Waals surface area contributed by atoms with Gasteiger partial charge in [0.2, 0.25) is 0 Å². The van der Waals surface area contributed by atoms with Gasteiger partial charge in [0.25, 0.3) is 0 Å². The van der Waals surface area contributed by atoms with Crippen LogP contribution in [0, 0.1) is 17.7 Å². The number of piperidine rings is 1. The Morgan fingerprint density at radius 2 is 2.04 bits per heavy atom. The Bertz CT molecular complexity index is 779. The summed E-state index contributed by atoms with van der Waals surface area (Å²) in [5, 5.41) is 8.41. The Balaban J connectivity index is 1.80. The third kappa shape index (κ3) is 3.46. The number of anilines is 2. The fourth-order valence-corrected chi connectivity index (χ4v) is 3.10. The molecule has 2 aromatic heterocycles. The molecule has 5 N–H and O–H groups in total. The number of nitrogens with zero attached hydrogens (tertiary/aromatic N) is 4. The summed E-state index contributed by atoms with van der Waals surface area (Å²) in [6.45, 7) is 6.63. The summed E-state index contributed by atoms with van der Waals surface area (Å²) in [7, 11) is 0. The van der Waals surface area contributed by atoms with Gasteiger partial charge in [-0.2, -0.15) is 0 Å². The average molecular weight is 339 g/mol. The SMILES string of the molecule is Cc1cnccc1C(=N)c1ncc(N2CCC(C)(CN)CC2)nc1N. The third-order valence-corrected chi connectivity index (χ3v) is 5.10. The first kappa shape index (κ1) is 17.3. The van der Waals surface area contributed by atoms with Gasteiger partial charge in [0.05, 0.1) is 11.9 Å². The molecule has 0 atom stereocenters. The number of aryl methyl sites for hydroxylation is 1. The first-order valence-corrected chi connectivity index (χ1v) is 8.51. The van der Waals surface area contributed by atoms with Gasteiger partial charge >= 0.3 is 0 Å². The molecule has 0 spiro atoms. The first-order valence-electron chi connectivity index (χ1n) is 8.51. The van der Waals surface area contributed by atoms with E-state index in [-0.39, 0.29) is 16.9 Å². The molecule has 132 valence electrons. The van der Waals surface area contributed by atoms with Crippen molar-refractivity contribution in [2.45, 2.75) is 26.7 Å². The van der Waals surface area contributed by atoms with E-state index in [1.54, 1.807) is 24.7 Å². The van der Waals surface area contributed by atoms with Crippen molar-refractivity contribution in [3.63, 3.8) is 0 Å². The van der Waals surface area contributed by atoms with E-state index in [1.807, 2.05) is 6.92 Å². The van der Waals surface area contributed by atoms with Crippen LogP contribution in [0.2, 0.25) is 0 Å². The van der Waals surface area contributed by atoms with Crippen LogP contribution in [0.1, 0.15) is 36.6 Å². The summed E-state index contributed by atoms with van der Waals surface area (Å²) < 4.78 is 0. The molecule has 1 saturated heterocycles. The fraction of sp³-hybridized carbons (Fsp3) is 0.444. The minimum absolute atomic E-state index is 0.205. The smallest absolute Gasteiger partial charge is 0.154 e. The van der Waals surface area contributed by atoms with Crippen LogP contribution in [0.3, 0.4) is 0 Å². The van der Waals surface area contributed by atoms with Gasteiger partial charge in [-0.1, -0.05) is 6.92 Å². The highest BCUT2D eigenvalue weighted by Crippen LogP contribution is 2.31. The number of pyridine rings is 1. The summed E-state index contributed by atoms with van der Waals surface area (Å²) in [6, 6.07) is 1.80. The molecule has 1 aliphatic heterocycles. The molecule has 0 saturated carbocycles. The molecule has 1 aliphatic rings. The Kier molecular flexibility index (Phi) is 4.67. The molecule has 0 unspecified atom stereocenters. The number of rotatable bonds is 4. The van der Waals surface area contributed by atoms with Crippen molar-refractivity contribution in [3.05, 3.63) is 41.5 Å². The van der Waals surface area contributed by atoms with Gasteiger partial charge < -0.3 is 16.4 Å². The van der Waals surface area contributed by atoms with Crippen molar-refractivity contribution in [1.82, 2.24) is 15.0 Å². The Hall–Kier alpha value is -2.54. The van der Waals surface area contributed by atoms with Crippen molar-refractivity contribution in [3.8, 4) is 0 Å². The zero-order valence-corrected chi connectivity index (χ0v) is 14.8. The lowest BCUT2D eigenvalue weighted by Gasteiger charge is -2.39. The molecule has 0 bridgehead atoms. The largest absolute Gasteiger partial charge is 0.382 e. The second-order valence-corrected chi connectivity index (χ2v) is 7.03. The second kappa shape index (κ2) is 6.76. The molecule has 0 aromatic carbocycles. The Labute approximate surface area is 148 Å². The van der Waals surface area contributed by atoms with Gasteiger partial charge in [-0.15, -0.1) is 0 Å². The van der Waals surface area contributed by atoms with Crippen LogP contribution in [0.4, 0.5) is 11.6 Å². The number of nitrogens with two attached hydrogens (primary N) is 2. The molecular weight excluding hydrogens is 314 g/mol. The monoisotopic (exact) mass is 339 g/mol. The molecule has 2 aromatic rings. The Morgan fingerprint density at radius 1 is 1.32 bits per heavy atom. The lowest BCUT2D eigenvalue weighted by atomic mass is 9.80. The Morgan fingerprint density at radius 3 is 2.64 bits per heavy atom. The fourth-order valence-electron chi connectivity index (χ4n) is 3.10. The van der Waals surface area contributed by atoms with Crippen molar-refractivity contribution in [1.29, 1.82) is 5.41 Å². The van der Waals surface area contributed by atoms with Gasteiger partial charge in [0.15, 0.2) is 5.82 Å². The summed E-state index contributed by atoms with van der Waals surface area (Å²) in [5.41, 5.74) is 14.5. The second-order valence-electron chi connectivity index (χ2n) is 7.03.